The number of aliphatic hydroxyl groups is 1. The van der Waals surface area contributed by atoms with Crippen molar-refractivity contribution in [2.45, 2.75) is 71.3 Å². The van der Waals surface area contributed by atoms with Crippen molar-refractivity contribution in [1.82, 2.24) is 10.2 Å². The number of rotatable bonds is 11. The van der Waals surface area contributed by atoms with Gasteiger partial charge in [-0.3, -0.25) is 0 Å². The van der Waals surface area contributed by atoms with E-state index in [4.69, 9.17) is 5.11 Å². The molecule has 0 aromatic carbocycles. The van der Waals surface area contributed by atoms with Gasteiger partial charge in [-0.25, -0.2) is 0 Å². The first-order chi connectivity index (χ1) is 10.2. The molecule has 21 heavy (non-hydrogen) atoms. The predicted octanol–water partition coefficient (Wildman–Crippen LogP) is 3.28. The van der Waals surface area contributed by atoms with Gasteiger partial charge in [0.25, 0.3) is 0 Å². The maximum Gasteiger partial charge on any atom is 0.0431 e. The van der Waals surface area contributed by atoms with Gasteiger partial charge in [0.1, 0.15) is 0 Å². The minimum atomic E-state index is 0.341. The highest BCUT2D eigenvalue weighted by Gasteiger charge is 2.30. The first-order valence-corrected chi connectivity index (χ1v) is 9.24. The molecule has 2 N–H and O–H groups in total. The van der Waals surface area contributed by atoms with Crippen LogP contribution in [0.4, 0.5) is 0 Å². The van der Waals surface area contributed by atoms with E-state index in [0.29, 0.717) is 6.61 Å². The van der Waals surface area contributed by atoms with Gasteiger partial charge in [0.05, 0.1) is 0 Å². The third kappa shape index (κ3) is 7.62. The van der Waals surface area contributed by atoms with Crippen molar-refractivity contribution in [3.05, 3.63) is 0 Å². The molecular weight excluding hydrogens is 260 g/mol. The predicted molar refractivity (Wildman–Crippen MR) is 91.6 cm³/mol. The van der Waals surface area contributed by atoms with Gasteiger partial charge < -0.3 is 15.3 Å². The number of nitrogens with one attached hydrogen (secondary N) is 1. The summed E-state index contributed by atoms with van der Waals surface area (Å²) in [6, 6.07) is 0.725. The smallest absolute Gasteiger partial charge is 0.0431 e. The second-order valence-electron chi connectivity index (χ2n) is 6.94. The van der Waals surface area contributed by atoms with E-state index < -0.39 is 0 Å². The Morgan fingerprint density at radius 3 is 2.62 bits per heavy atom. The van der Waals surface area contributed by atoms with Crippen molar-refractivity contribution < 1.29 is 5.11 Å². The van der Waals surface area contributed by atoms with Gasteiger partial charge in [0.15, 0.2) is 0 Å². The van der Waals surface area contributed by atoms with Crippen LogP contribution < -0.4 is 5.32 Å². The van der Waals surface area contributed by atoms with E-state index in [1.807, 2.05) is 0 Å². The fraction of sp³-hybridized carbons (Fsp3) is 1.00. The molecule has 0 radical (unpaired) electrons. The lowest BCUT2D eigenvalue weighted by atomic mass is 9.76. The third-order valence-corrected chi connectivity index (χ3v) is 5.00. The fourth-order valence-electron chi connectivity index (χ4n) is 3.93. The van der Waals surface area contributed by atoms with Gasteiger partial charge in [-0.05, 0) is 70.5 Å². The summed E-state index contributed by atoms with van der Waals surface area (Å²) in [5.41, 5.74) is 0. The normalized spacial score (nSPS) is 26.4. The third-order valence-electron chi connectivity index (χ3n) is 5.00. The van der Waals surface area contributed by atoms with E-state index in [1.165, 1.54) is 51.6 Å². The molecule has 1 aliphatic carbocycles. The van der Waals surface area contributed by atoms with Crippen LogP contribution in [-0.2, 0) is 0 Å². The van der Waals surface area contributed by atoms with Crippen LogP contribution in [0.25, 0.3) is 0 Å². The molecule has 3 unspecified atom stereocenters. The minimum Gasteiger partial charge on any atom is -0.396 e. The molecule has 1 fully saturated rings. The van der Waals surface area contributed by atoms with Crippen molar-refractivity contribution in [3.63, 3.8) is 0 Å². The zero-order valence-electron chi connectivity index (χ0n) is 14.6. The Bertz CT molecular complexity index is 247. The average Bonchev–Trinajstić information content (AvgIpc) is 2.47. The molecule has 0 bridgehead atoms. The van der Waals surface area contributed by atoms with Gasteiger partial charge in [-0.1, -0.05) is 26.7 Å². The van der Waals surface area contributed by atoms with Gasteiger partial charge in [0.2, 0.25) is 0 Å². The fourth-order valence-corrected chi connectivity index (χ4v) is 3.93. The van der Waals surface area contributed by atoms with E-state index >= 15 is 0 Å². The quantitative estimate of drug-likeness (QED) is 0.575. The number of unbranched alkanes of at least 4 members (excludes halogenated alkanes) is 2. The Morgan fingerprint density at radius 2 is 1.95 bits per heavy atom. The molecule has 0 aliphatic heterocycles. The summed E-state index contributed by atoms with van der Waals surface area (Å²) >= 11 is 0. The topological polar surface area (TPSA) is 35.5 Å². The van der Waals surface area contributed by atoms with Crippen LogP contribution in [0.2, 0.25) is 0 Å². The first kappa shape index (κ1) is 18.9. The van der Waals surface area contributed by atoms with Crippen molar-refractivity contribution in [3.8, 4) is 0 Å². The van der Waals surface area contributed by atoms with Crippen LogP contribution in [0.5, 0.6) is 0 Å². The number of hydrogen-bond acceptors (Lipinski definition) is 3. The molecule has 0 amide bonds. The van der Waals surface area contributed by atoms with Gasteiger partial charge in [-0.2, -0.15) is 0 Å². The van der Waals surface area contributed by atoms with E-state index in [9.17, 15) is 0 Å². The molecule has 1 saturated carbocycles. The summed E-state index contributed by atoms with van der Waals surface area (Å²) in [6.07, 6.45) is 10.3. The molecular formula is C18H38N2O. The Morgan fingerprint density at radius 1 is 1.14 bits per heavy atom. The molecule has 0 saturated heterocycles. The maximum atomic E-state index is 8.84. The van der Waals surface area contributed by atoms with E-state index in [0.717, 1.165) is 37.3 Å². The highest BCUT2D eigenvalue weighted by atomic mass is 16.2. The number of hydrogen-bond donors (Lipinski definition) is 2. The summed E-state index contributed by atoms with van der Waals surface area (Å²) in [6.45, 7) is 8.39. The lowest BCUT2D eigenvalue weighted by molar-refractivity contribution is 0.149. The van der Waals surface area contributed by atoms with Crippen LogP contribution in [0.3, 0.4) is 0 Å². The lowest BCUT2D eigenvalue weighted by Gasteiger charge is -2.38. The Balaban J connectivity index is 2.37. The van der Waals surface area contributed by atoms with Crippen molar-refractivity contribution in [2.24, 2.45) is 11.8 Å². The molecule has 0 spiro atoms. The van der Waals surface area contributed by atoms with E-state index in [1.54, 1.807) is 0 Å². The van der Waals surface area contributed by atoms with E-state index in [-0.39, 0.29) is 0 Å². The molecule has 126 valence electrons. The minimum absolute atomic E-state index is 0.341. The molecule has 0 aromatic heterocycles. The summed E-state index contributed by atoms with van der Waals surface area (Å²) in [7, 11) is 2.27. The monoisotopic (exact) mass is 298 g/mol. The highest BCUT2D eigenvalue weighted by molar-refractivity contribution is 4.86. The van der Waals surface area contributed by atoms with Crippen LogP contribution in [0, 0.1) is 11.8 Å². The van der Waals surface area contributed by atoms with Crippen LogP contribution in [0.15, 0.2) is 0 Å². The second kappa shape index (κ2) is 11.4. The molecule has 1 aliphatic rings. The molecule has 1 rings (SSSR count). The lowest BCUT2D eigenvalue weighted by Crippen LogP contribution is -2.45. The summed E-state index contributed by atoms with van der Waals surface area (Å²) in [4.78, 5) is 2.51. The first-order valence-electron chi connectivity index (χ1n) is 9.24. The highest BCUT2D eigenvalue weighted by Crippen LogP contribution is 2.32. The Labute approximate surface area is 132 Å². The molecule has 3 nitrogen and oxygen atoms in total. The largest absolute Gasteiger partial charge is 0.396 e. The van der Waals surface area contributed by atoms with Crippen LogP contribution in [0.1, 0.15) is 65.2 Å². The van der Waals surface area contributed by atoms with Crippen molar-refractivity contribution >= 4 is 0 Å². The Kier molecular flexibility index (Phi) is 10.3. The standard InChI is InChI=1S/C18H38N2O/c1-4-9-16-10-11-18(19-5-2)17(14-16)15-20(3)12-7-6-8-13-21/h16-19,21H,4-15H2,1-3H3. The second-order valence-corrected chi connectivity index (χ2v) is 6.94. The zero-order valence-corrected chi connectivity index (χ0v) is 14.6. The zero-order chi connectivity index (χ0) is 15.5. The molecule has 0 aromatic rings. The molecule has 3 atom stereocenters. The van der Waals surface area contributed by atoms with Crippen LogP contribution in [-0.4, -0.2) is 49.3 Å². The molecule has 3 heteroatoms. The van der Waals surface area contributed by atoms with Crippen molar-refractivity contribution in [2.75, 3.05) is 33.3 Å². The maximum absolute atomic E-state index is 8.84. The SMILES string of the molecule is CCCC1CCC(NCC)C(CN(C)CCCCCO)C1. The van der Waals surface area contributed by atoms with Gasteiger partial charge in [0, 0.05) is 19.2 Å². The summed E-state index contributed by atoms with van der Waals surface area (Å²) in [5.74, 6) is 1.77. The summed E-state index contributed by atoms with van der Waals surface area (Å²) in [5, 5.41) is 12.6. The number of aliphatic hydroxyl groups excluding tert-OH is 1. The number of nitrogens with zero attached hydrogens (tertiary/aromatic N) is 1. The summed E-state index contributed by atoms with van der Waals surface area (Å²) < 4.78 is 0. The Hall–Kier alpha value is -0.120. The molecule has 0 heterocycles. The van der Waals surface area contributed by atoms with Gasteiger partial charge in [-0.15, -0.1) is 0 Å². The van der Waals surface area contributed by atoms with Gasteiger partial charge >= 0.3 is 0 Å². The van der Waals surface area contributed by atoms with Crippen molar-refractivity contribution in [1.29, 1.82) is 0 Å². The van der Waals surface area contributed by atoms with E-state index in [2.05, 4.69) is 31.1 Å². The average molecular weight is 299 g/mol. The van der Waals surface area contributed by atoms with Crippen LogP contribution >= 0.6 is 0 Å².